The van der Waals surface area contributed by atoms with Crippen LogP contribution in [-0.4, -0.2) is 38.9 Å². The van der Waals surface area contributed by atoms with Crippen molar-refractivity contribution in [3.8, 4) is 0 Å². The second-order valence-corrected chi connectivity index (χ2v) is 4.28. The Morgan fingerprint density at radius 1 is 1.18 bits per heavy atom. The van der Waals surface area contributed by atoms with Gasteiger partial charge < -0.3 is 14.4 Å². The Bertz CT molecular complexity index is 401. The molecule has 0 atom stereocenters. The van der Waals surface area contributed by atoms with Crippen LogP contribution >= 0.6 is 0 Å². The molecule has 1 aliphatic rings. The monoisotopic (exact) mass is 235 g/mol. The second-order valence-electron chi connectivity index (χ2n) is 4.28. The van der Waals surface area contributed by atoms with Crippen molar-refractivity contribution in [1.29, 1.82) is 0 Å². The molecule has 0 unspecified atom stereocenters. The van der Waals surface area contributed by atoms with Gasteiger partial charge in [-0.2, -0.15) is 0 Å². The summed E-state index contributed by atoms with van der Waals surface area (Å²) in [6.45, 7) is 2.98. The summed E-state index contributed by atoms with van der Waals surface area (Å²) >= 11 is 0. The third-order valence-corrected chi connectivity index (χ3v) is 3.25. The van der Waals surface area contributed by atoms with E-state index < -0.39 is 5.79 Å². The summed E-state index contributed by atoms with van der Waals surface area (Å²) in [6.07, 6.45) is 0. The molecule has 0 aromatic heterocycles. The first-order valence-corrected chi connectivity index (χ1v) is 5.56. The highest BCUT2D eigenvalue weighted by molar-refractivity contribution is 5.94. The number of Topliss-reactive ketones (excluding diaryl/α,β-unsaturated/α-hetero) is 1. The van der Waals surface area contributed by atoms with E-state index in [2.05, 4.69) is 4.90 Å². The molecule has 17 heavy (non-hydrogen) atoms. The lowest BCUT2D eigenvalue weighted by atomic mass is 10.0. The van der Waals surface area contributed by atoms with Gasteiger partial charge in [-0.05, 0) is 31.2 Å². The first kappa shape index (κ1) is 12.1. The largest absolute Gasteiger partial charge is 0.361 e. The molecule has 0 bridgehead atoms. The second kappa shape index (κ2) is 4.47. The summed E-state index contributed by atoms with van der Waals surface area (Å²) in [5.74, 6) is -0.387. The summed E-state index contributed by atoms with van der Waals surface area (Å²) in [6, 6.07) is 7.59. The van der Waals surface area contributed by atoms with E-state index in [0.29, 0.717) is 13.1 Å². The van der Waals surface area contributed by atoms with Gasteiger partial charge in [0.05, 0.1) is 13.1 Å². The van der Waals surface area contributed by atoms with Crippen LogP contribution in [0.3, 0.4) is 0 Å². The third-order valence-electron chi connectivity index (χ3n) is 3.25. The van der Waals surface area contributed by atoms with Crippen LogP contribution in [0.1, 0.15) is 17.3 Å². The summed E-state index contributed by atoms with van der Waals surface area (Å²) in [4.78, 5) is 13.3. The van der Waals surface area contributed by atoms with Crippen LogP contribution < -0.4 is 4.90 Å². The normalized spacial score (nSPS) is 17.7. The van der Waals surface area contributed by atoms with E-state index in [0.717, 1.165) is 11.3 Å². The van der Waals surface area contributed by atoms with Gasteiger partial charge in [0.2, 0.25) is 5.79 Å². The molecule has 1 saturated heterocycles. The van der Waals surface area contributed by atoms with E-state index in [4.69, 9.17) is 9.47 Å². The molecule has 0 aliphatic carbocycles. The van der Waals surface area contributed by atoms with E-state index in [1.165, 1.54) is 0 Å². The fourth-order valence-corrected chi connectivity index (χ4v) is 1.97. The number of benzene rings is 1. The predicted molar refractivity (Wildman–Crippen MR) is 65.4 cm³/mol. The van der Waals surface area contributed by atoms with Crippen molar-refractivity contribution in [1.82, 2.24) is 0 Å². The topological polar surface area (TPSA) is 38.8 Å². The lowest BCUT2D eigenvalue weighted by Crippen LogP contribution is -2.64. The third kappa shape index (κ3) is 2.18. The van der Waals surface area contributed by atoms with Gasteiger partial charge in [-0.1, -0.05) is 0 Å². The molecule has 1 heterocycles. The van der Waals surface area contributed by atoms with Crippen LogP contribution in [0.2, 0.25) is 0 Å². The Labute approximate surface area is 101 Å². The van der Waals surface area contributed by atoms with Gasteiger partial charge in [-0.3, -0.25) is 4.79 Å². The molecule has 0 N–H and O–H groups in total. The van der Waals surface area contributed by atoms with Gasteiger partial charge in [0.15, 0.2) is 5.78 Å². The average Bonchev–Trinajstić information content (AvgIpc) is 2.29. The first-order chi connectivity index (χ1) is 8.10. The van der Waals surface area contributed by atoms with Gasteiger partial charge in [-0.15, -0.1) is 0 Å². The summed E-state index contributed by atoms with van der Waals surface area (Å²) < 4.78 is 10.6. The van der Waals surface area contributed by atoms with E-state index in [1.54, 1.807) is 21.1 Å². The highest BCUT2D eigenvalue weighted by Crippen LogP contribution is 2.30. The van der Waals surface area contributed by atoms with Crippen LogP contribution in [-0.2, 0) is 9.47 Å². The maximum absolute atomic E-state index is 11.2. The molecule has 0 amide bonds. The van der Waals surface area contributed by atoms with Crippen LogP contribution in [0, 0.1) is 0 Å². The molecule has 1 fully saturated rings. The molecule has 0 radical (unpaired) electrons. The van der Waals surface area contributed by atoms with Crippen molar-refractivity contribution in [2.45, 2.75) is 12.7 Å². The van der Waals surface area contributed by atoms with Crippen LogP contribution in [0.25, 0.3) is 0 Å². The molecule has 1 aromatic rings. The number of rotatable bonds is 4. The van der Waals surface area contributed by atoms with Gasteiger partial charge in [0, 0.05) is 25.5 Å². The van der Waals surface area contributed by atoms with Crippen molar-refractivity contribution in [2.24, 2.45) is 0 Å². The quantitative estimate of drug-likeness (QED) is 0.588. The summed E-state index contributed by atoms with van der Waals surface area (Å²) in [5.41, 5.74) is 1.82. The van der Waals surface area contributed by atoms with Crippen molar-refractivity contribution in [2.75, 3.05) is 32.2 Å². The number of anilines is 1. The number of methoxy groups -OCH3 is 2. The Balaban J connectivity index is 2.04. The number of carbonyl (C=O) groups excluding carboxylic acids is 1. The van der Waals surface area contributed by atoms with Gasteiger partial charge >= 0.3 is 0 Å². The summed E-state index contributed by atoms with van der Waals surface area (Å²) in [5, 5.41) is 0. The average molecular weight is 235 g/mol. The Morgan fingerprint density at radius 2 is 1.71 bits per heavy atom. The molecule has 0 spiro atoms. The number of ketones is 1. The van der Waals surface area contributed by atoms with Gasteiger partial charge in [-0.25, -0.2) is 0 Å². The molecular weight excluding hydrogens is 218 g/mol. The minimum Gasteiger partial charge on any atom is -0.361 e. The van der Waals surface area contributed by atoms with Crippen molar-refractivity contribution < 1.29 is 14.3 Å². The van der Waals surface area contributed by atoms with E-state index >= 15 is 0 Å². The van der Waals surface area contributed by atoms with E-state index in [9.17, 15) is 4.79 Å². The van der Waals surface area contributed by atoms with Crippen molar-refractivity contribution in [3.63, 3.8) is 0 Å². The Hall–Kier alpha value is -1.39. The molecule has 1 aliphatic heterocycles. The fraction of sp³-hybridized carbons (Fsp3) is 0.462. The van der Waals surface area contributed by atoms with E-state index in [1.807, 2.05) is 24.3 Å². The SMILES string of the molecule is COC1(OC)CN(c2ccc(C(C)=O)cc2)C1. The molecule has 4 nitrogen and oxygen atoms in total. The molecule has 1 aromatic carbocycles. The smallest absolute Gasteiger partial charge is 0.203 e. The Morgan fingerprint density at radius 3 is 2.12 bits per heavy atom. The molecule has 2 rings (SSSR count). The number of nitrogens with zero attached hydrogens (tertiary/aromatic N) is 1. The zero-order valence-corrected chi connectivity index (χ0v) is 10.4. The van der Waals surface area contributed by atoms with E-state index in [-0.39, 0.29) is 5.78 Å². The van der Waals surface area contributed by atoms with Crippen LogP contribution in [0.4, 0.5) is 5.69 Å². The fourth-order valence-electron chi connectivity index (χ4n) is 1.97. The highest BCUT2D eigenvalue weighted by atomic mass is 16.7. The maximum atomic E-state index is 11.2. The lowest BCUT2D eigenvalue weighted by Gasteiger charge is -2.48. The maximum Gasteiger partial charge on any atom is 0.203 e. The standard InChI is InChI=1S/C13H17NO3/c1-10(15)11-4-6-12(7-5-11)14-8-13(9-14,16-2)17-3/h4-7H,8-9H2,1-3H3. The van der Waals surface area contributed by atoms with Crippen LogP contribution in [0.5, 0.6) is 0 Å². The zero-order chi connectivity index (χ0) is 12.5. The molecular formula is C13H17NO3. The van der Waals surface area contributed by atoms with Crippen LogP contribution in [0.15, 0.2) is 24.3 Å². The molecule has 4 heteroatoms. The minimum absolute atomic E-state index is 0.0864. The van der Waals surface area contributed by atoms with Gasteiger partial charge in [0.1, 0.15) is 0 Å². The van der Waals surface area contributed by atoms with Crippen molar-refractivity contribution >= 4 is 11.5 Å². The molecule has 0 saturated carbocycles. The predicted octanol–water partition coefficient (Wildman–Crippen LogP) is 1.70. The Kier molecular flexibility index (Phi) is 3.17. The number of carbonyl (C=O) groups is 1. The minimum atomic E-state index is -0.473. The number of ether oxygens (including phenoxy) is 2. The highest BCUT2D eigenvalue weighted by Gasteiger charge is 2.43. The number of hydrogen-bond donors (Lipinski definition) is 0. The lowest BCUT2D eigenvalue weighted by molar-refractivity contribution is -0.219. The first-order valence-electron chi connectivity index (χ1n) is 5.56. The van der Waals surface area contributed by atoms with Gasteiger partial charge in [0.25, 0.3) is 0 Å². The van der Waals surface area contributed by atoms with Crippen molar-refractivity contribution in [3.05, 3.63) is 29.8 Å². The zero-order valence-electron chi connectivity index (χ0n) is 10.4. The molecule has 92 valence electrons. The summed E-state index contributed by atoms with van der Waals surface area (Å²) in [7, 11) is 3.30. The number of hydrogen-bond acceptors (Lipinski definition) is 4.